The highest BCUT2D eigenvalue weighted by Crippen LogP contribution is 2.45. The first-order valence-corrected chi connectivity index (χ1v) is 12.0. The molecule has 0 amide bonds. The van der Waals surface area contributed by atoms with Crippen LogP contribution in [0.4, 0.5) is 5.69 Å². The first-order valence-electron chi connectivity index (χ1n) is 12.0. The van der Waals surface area contributed by atoms with Crippen molar-refractivity contribution in [1.29, 1.82) is 0 Å². The first-order chi connectivity index (χ1) is 16.6. The lowest BCUT2D eigenvalue weighted by atomic mass is 9.69. The monoisotopic (exact) mass is 484 g/mol. The molecule has 0 saturated carbocycles. The van der Waals surface area contributed by atoms with Gasteiger partial charge in [0.25, 0.3) is 0 Å². The van der Waals surface area contributed by atoms with Crippen molar-refractivity contribution in [3.05, 3.63) is 52.4 Å². The predicted octanol–water partition coefficient (Wildman–Crippen LogP) is 3.33. The maximum absolute atomic E-state index is 13.7. The van der Waals surface area contributed by atoms with E-state index in [0.717, 1.165) is 16.9 Å². The maximum atomic E-state index is 13.7. The van der Waals surface area contributed by atoms with Gasteiger partial charge >= 0.3 is 11.9 Å². The van der Waals surface area contributed by atoms with Gasteiger partial charge in [-0.05, 0) is 50.8 Å². The van der Waals surface area contributed by atoms with Crippen molar-refractivity contribution in [3.63, 3.8) is 0 Å². The molecule has 190 valence electrons. The van der Waals surface area contributed by atoms with Crippen LogP contribution in [0.15, 0.2) is 46.8 Å². The minimum Gasteiger partial charge on any atom is -0.468 e. The van der Waals surface area contributed by atoms with E-state index in [1.165, 1.54) is 7.11 Å². The zero-order chi connectivity index (χ0) is 25.9. The Morgan fingerprint density at radius 2 is 1.80 bits per heavy atom. The maximum Gasteiger partial charge on any atom is 0.336 e. The molecule has 8 heteroatoms. The molecule has 0 aromatic heterocycles. The zero-order valence-electron chi connectivity index (χ0n) is 21.6. The molecule has 1 aliphatic carbocycles. The van der Waals surface area contributed by atoms with E-state index >= 15 is 0 Å². The van der Waals surface area contributed by atoms with E-state index in [1.807, 2.05) is 71.0 Å². The van der Waals surface area contributed by atoms with Crippen LogP contribution < -0.4 is 10.2 Å². The molecule has 1 heterocycles. The van der Waals surface area contributed by atoms with E-state index in [9.17, 15) is 14.4 Å². The number of carbonyl (C=O) groups is 3. The Labute approximate surface area is 207 Å². The molecule has 0 saturated heterocycles. The second-order valence-electron chi connectivity index (χ2n) is 9.58. The third-order valence-corrected chi connectivity index (χ3v) is 6.47. The van der Waals surface area contributed by atoms with Crippen LogP contribution >= 0.6 is 0 Å². The Bertz CT molecular complexity index is 1040. The Balaban J connectivity index is 2.05. The zero-order valence-corrected chi connectivity index (χ0v) is 21.6. The predicted molar refractivity (Wildman–Crippen MR) is 133 cm³/mol. The molecule has 1 aromatic rings. The Morgan fingerprint density at radius 3 is 2.37 bits per heavy atom. The lowest BCUT2D eigenvalue weighted by Crippen LogP contribution is -2.43. The highest BCUT2D eigenvalue weighted by molar-refractivity contribution is 6.12. The number of nitrogens with one attached hydrogen (secondary N) is 1. The van der Waals surface area contributed by atoms with Crippen LogP contribution in [0.1, 0.15) is 45.6 Å². The molecule has 0 fully saturated rings. The number of dihydropyridines is 1. The van der Waals surface area contributed by atoms with Gasteiger partial charge in [0.15, 0.2) is 5.78 Å². The molecule has 3 rings (SSSR count). The Hall–Kier alpha value is -3.13. The van der Waals surface area contributed by atoms with Crippen LogP contribution in [0.25, 0.3) is 0 Å². The summed E-state index contributed by atoms with van der Waals surface area (Å²) in [6, 6.07) is 7.72. The smallest absolute Gasteiger partial charge is 0.336 e. The molecule has 0 spiro atoms. The lowest BCUT2D eigenvalue weighted by Gasteiger charge is -2.38. The summed E-state index contributed by atoms with van der Waals surface area (Å²) < 4.78 is 16.0. The fraction of sp³-hybridized carbons (Fsp3) is 0.519. The topological polar surface area (TPSA) is 94.2 Å². The van der Waals surface area contributed by atoms with Gasteiger partial charge in [-0.3, -0.25) is 9.59 Å². The van der Waals surface area contributed by atoms with Crippen LogP contribution in [0, 0.1) is 11.8 Å². The summed E-state index contributed by atoms with van der Waals surface area (Å²) in [5, 5.41) is 3.27. The van der Waals surface area contributed by atoms with Gasteiger partial charge in [0.05, 0.1) is 25.4 Å². The fourth-order valence-corrected chi connectivity index (χ4v) is 4.75. The van der Waals surface area contributed by atoms with Crippen LogP contribution in [0.2, 0.25) is 0 Å². The standard InChI is InChI=1S/C27H36N2O6/c1-15(2)34-12-13-35-27(32)22-17(4)28-20-14-16(3)21(26(31)33-7)25(30)24(20)23(22)18-8-10-19(11-9-18)29(5)6/h8-11,15-16,21,23,28H,12-14H2,1-7H3. The highest BCUT2D eigenvalue weighted by atomic mass is 16.6. The Kier molecular flexibility index (Phi) is 8.38. The van der Waals surface area contributed by atoms with Crippen molar-refractivity contribution in [3.8, 4) is 0 Å². The molecule has 3 unspecified atom stereocenters. The van der Waals surface area contributed by atoms with Crippen molar-refractivity contribution >= 4 is 23.4 Å². The number of anilines is 1. The third kappa shape index (κ3) is 5.59. The quantitative estimate of drug-likeness (QED) is 0.341. The van der Waals surface area contributed by atoms with E-state index in [-0.39, 0.29) is 31.0 Å². The van der Waals surface area contributed by atoms with Crippen LogP contribution in [-0.2, 0) is 28.6 Å². The van der Waals surface area contributed by atoms with Gasteiger partial charge < -0.3 is 24.4 Å². The number of carbonyl (C=O) groups excluding carboxylic acids is 3. The van der Waals surface area contributed by atoms with Crippen molar-refractivity contribution in [1.82, 2.24) is 5.32 Å². The van der Waals surface area contributed by atoms with Gasteiger partial charge in [0.2, 0.25) is 0 Å². The van der Waals surface area contributed by atoms with Gasteiger partial charge in [0, 0.05) is 42.7 Å². The van der Waals surface area contributed by atoms with Crippen LogP contribution in [-0.4, -0.2) is 58.2 Å². The third-order valence-electron chi connectivity index (χ3n) is 6.47. The molecule has 3 atom stereocenters. The second-order valence-corrected chi connectivity index (χ2v) is 9.58. The highest BCUT2D eigenvalue weighted by Gasteiger charge is 2.47. The normalized spacial score (nSPS) is 22.1. The number of allylic oxidation sites excluding steroid dienone is 3. The average molecular weight is 485 g/mol. The number of Topliss-reactive ketones (excluding diaryl/α,β-unsaturated/α-hetero) is 1. The van der Waals surface area contributed by atoms with E-state index in [0.29, 0.717) is 23.3 Å². The fourth-order valence-electron chi connectivity index (χ4n) is 4.75. The number of methoxy groups -OCH3 is 1. The average Bonchev–Trinajstić information content (AvgIpc) is 2.80. The number of hydrogen-bond acceptors (Lipinski definition) is 8. The number of rotatable bonds is 8. The summed E-state index contributed by atoms with van der Waals surface area (Å²) in [5.74, 6) is -3.20. The molecule has 35 heavy (non-hydrogen) atoms. The molecule has 1 aromatic carbocycles. The Morgan fingerprint density at radius 1 is 1.14 bits per heavy atom. The van der Waals surface area contributed by atoms with E-state index in [2.05, 4.69) is 5.32 Å². The molecule has 1 aliphatic heterocycles. The molecule has 1 N–H and O–H groups in total. The summed E-state index contributed by atoms with van der Waals surface area (Å²) >= 11 is 0. The molecular weight excluding hydrogens is 448 g/mol. The number of nitrogens with zero attached hydrogens (tertiary/aromatic N) is 1. The number of ether oxygens (including phenoxy) is 3. The minimum absolute atomic E-state index is 0.0266. The number of benzene rings is 1. The molecule has 0 bridgehead atoms. The summed E-state index contributed by atoms with van der Waals surface area (Å²) in [7, 11) is 5.17. The molecule has 2 aliphatic rings. The number of esters is 2. The van der Waals surface area contributed by atoms with Crippen LogP contribution in [0.5, 0.6) is 0 Å². The SMILES string of the molecule is COC(=O)C1C(=O)C2=C(CC1C)NC(C)=C(C(=O)OCCOC(C)C)C2c1ccc(N(C)C)cc1. The summed E-state index contributed by atoms with van der Waals surface area (Å²) in [4.78, 5) is 41.6. The summed E-state index contributed by atoms with van der Waals surface area (Å²) in [6.07, 6.45) is 0.522. The first kappa shape index (κ1) is 26.5. The second kappa shape index (κ2) is 11.1. The van der Waals surface area contributed by atoms with E-state index in [4.69, 9.17) is 14.2 Å². The summed E-state index contributed by atoms with van der Waals surface area (Å²) in [5.41, 5.74) is 3.92. The van der Waals surface area contributed by atoms with Gasteiger partial charge in [-0.2, -0.15) is 0 Å². The van der Waals surface area contributed by atoms with Crippen molar-refractivity contribution in [2.24, 2.45) is 11.8 Å². The van der Waals surface area contributed by atoms with E-state index in [1.54, 1.807) is 0 Å². The number of hydrogen-bond donors (Lipinski definition) is 1. The summed E-state index contributed by atoms with van der Waals surface area (Å²) in [6.45, 7) is 7.88. The molecule has 0 radical (unpaired) electrons. The van der Waals surface area contributed by atoms with Gasteiger partial charge in [-0.1, -0.05) is 19.1 Å². The van der Waals surface area contributed by atoms with Crippen molar-refractivity contribution in [2.75, 3.05) is 39.3 Å². The number of ketones is 1. The van der Waals surface area contributed by atoms with Crippen molar-refractivity contribution in [2.45, 2.75) is 46.1 Å². The van der Waals surface area contributed by atoms with Gasteiger partial charge in [0.1, 0.15) is 12.5 Å². The van der Waals surface area contributed by atoms with Gasteiger partial charge in [-0.15, -0.1) is 0 Å². The van der Waals surface area contributed by atoms with Crippen LogP contribution in [0.3, 0.4) is 0 Å². The van der Waals surface area contributed by atoms with E-state index < -0.39 is 23.8 Å². The molecular formula is C27H36N2O6. The molecule has 8 nitrogen and oxygen atoms in total. The largest absolute Gasteiger partial charge is 0.468 e. The lowest BCUT2D eigenvalue weighted by molar-refractivity contribution is -0.151. The van der Waals surface area contributed by atoms with Crippen molar-refractivity contribution < 1.29 is 28.6 Å². The van der Waals surface area contributed by atoms with Gasteiger partial charge in [-0.25, -0.2) is 4.79 Å². The minimum atomic E-state index is -0.917.